The van der Waals surface area contributed by atoms with E-state index in [2.05, 4.69) is 30.2 Å². The van der Waals surface area contributed by atoms with Gasteiger partial charge in [0, 0.05) is 43.3 Å². The summed E-state index contributed by atoms with van der Waals surface area (Å²) in [6, 6.07) is 1.99. The Hall–Kier alpha value is -2.01. The number of alkyl halides is 1. The van der Waals surface area contributed by atoms with Crippen molar-refractivity contribution in [1.82, 2.24) is 15.2 Å². The van der Waals surface area contributed by atoms with Crippen LogP contribution < -0.4 is 15.8 Å². The minimum absolute atomic E-state index is 0.0712. The number of hydrogen-bond acceptors (Lipinski definition) is 4. The second-order valence-corrected chi connectivity index (χ2v) is 7.32. The number of halogens is 2. The molecule has 2 heterocycles. The first kappa shape index (κ1) is 21.3. The highest BCUT2D eigenvalue weighted by Gasteiger charge is 2.17. The molecule has 1 atom stereocenters. The summed E-state index contributed by atoms with van der Waals surface area (Å²) in [7, 11) is 1.95. The lowest BCUT2D eigenvalue weighted by atomic mass is 10.1. The Kier molecular flexibility index (Phi) is 7.72. The van der Waals surface area contributed by atoms with Crippen molar-refractivity contribution in [2.75, 3.05) is 26.7 Å². The number of hydrogen-bond donors (Lipinski definition) is 1. The Morgan fingerprint density at radius 2 is 2.26 bits per heavy atom. The lowest BCUT2D eigenvalue weighted by Crippen LogP contribution is -2.33. The lowest BCUT2D eigenvalue weighted by Gasteiger charge is -2.29. The van der Waals surface area contributed by atoms with Crippen molar-refractivity contribution in [2.24, 2.45) is 0 Å². The summed E-state index contributed by atoms with van der Waals surface area (Å²) in [5, 5.41) is 5.88. The largest absolute Gasteiger partial charge is 0.476 e. The highest BCUT2D eigenvalue weighted by Crippen LogP contribution is 2.20. The molecule has 0 spiro atoms. The van der Waals surface area contributed by atoms with Crippen molar-refractivity contribution >= 4 is 23.4 Å². The van der Waals surface area contributed by atoms with E-state index in [1.807, 2.05) is 31.1 Å². The van der Waals surface area contributed by atoms with Crippen molar-refractivity contribution in [2.45, 2.75) is 40.3 Å². The topological polar surface area (TPSA) is 37.4 Å². The lowest BCUT2D eigenvalue weighted by molar-refractivity contribution is 0.0878. The first-order chi connectivity index (χ1) is 12.8. The van der Waals surface area contributed by atoms with Gasteiger partial charge in [-0.15, -0.1) is 0 Å². The van der Waals surface area contributed by atoms with Crippen molar-refractivity contribution in [3.05, 3.63) is 51.0 Å². The average molecular weight is 394 g/mol. The van der Waals surface area contributed by atoms with Gasteiger partial charge in [-0.3, -0.25) is 0 Å². The molecule has 0 bridgehead atoms. The standard InChI is InChI=1S/C21H29ClFN3O/c1-6-14(2)18-7-8-25-20(22)19(18)11-24-10-17-9-15(3)21(26(5)12-17)27-13-16(4)23/h7-9,11,16,24H,6,10,12-13H2,1-5H3/b18-14-,19-11+. The molecule has 0 aliphatic carbocycles. The van der Waals surface area contributed by atoms with Crippen LogP contribution in [0.25, 0.3) is 11.8 Å². The predicted molar refractivity (Wildman–Crippen MR) is 110 cm³/mol. The number of pyridine rings is 1. The number of ether oxygens (including phenoxy) is 1. The van der Waals surface area contributed by atoms with Gasteiger partial charge in [0.05, 0.1) is 0 Å². The van der Waals surface area contributed by atoms with Gasteiger partial charge in [0.2, 0.25) is 0 Å². The van der Waals surface area contributed by atoms with Crippen molar-refractivity contribution in [3.8, 4) is 0 Å². The zero-order valence-electron chi connectivity index (χ0n) is 16.8. The van der Waals surface area contributed by atoms with Gasteiger partial charge in [-0.1, -0.05) is 30.2 Å². The molecule has 1 N–H and O–H groups in total. The summed E-state index contributed by atoms with van der Waals surface area (Å²) in [5.41, 5.74) is 3.48. The van der Waals surface area contributed by atoms with E-state index >= 15 is 0 Å². The number of allylic oxidation sites excluding steroid dienone is 2. The molecule has 0 radical (unpaired) electrons. The van der Waals surface area contributed by atoms with Crippen molar-refractivity contribution in [1.29, 1.82) is 0 Å². The normalized spacial score (nSPS) is 17.7. The fourth-order valence-corrected chi connectivity index (χ4v) is 3.26. The molecular weight excluding hydrogens is 365 g/mol. The molecule has 1 aromatic heterocycles. The van der Waals surface area contributed by atoms with Crippen LogP contribution in [0.1, 0.15) is 34.1 Å². The molecule has 1 aromatic rings. The predicted octanol–water partition coefficient (Wildman–Crippen LogP) is 3.12. The van der Waals surface area contributed by atoms with Crippen molar-refractivity contribution in [3.63, 3.8) is 0 Å². The minimum Gasteiger partial charge on any atom is -0.476 e. The number of nitrogens with zero attached hydrogens (tertiary/aromatic N) is 2. The second kappa shape index (κ2) is 9.79. The molecule has 4 nitrogen and oxygen atoms in total. The zero-order valence-corrected chi connectivity index (χ0v) is 17.5. The van der Waals surface area contributed by atoms with E-state index in [4.69, 9.17) is 16.3 Å². The quantitative estimate of drug-likeness (QED) is 0.722. The van der Waals surface area contributed by atoms with E-state index in [0.29, 0.717) is 11.7 Å². The summed E-state index contributed by atoms with van der Waals surface area (Å²) < 4.78 is 18.6. The summed E-state index contributed by atoms with van der Waals surface area (Å²) >= 11 is 6.30. The molecule has 6 heteroatoms. The highest BCUT2D eigenvalue weighted by atomic mass is 35.5. The maximum Gasteiger partial charge on any atom is 0.192 e. The molecule has 0 fully saturated rings. The van der Waals surface area contributed by atoms with Crippen LogP contribution in [0.5, 0.6) is 0 Å². The number of likely N-dealkylation sites (N-methyl/N-ethyl adjacent to an activating group) is 1. The summed E-state index contributed by atoms with van der Waals surface area (Å²) in [5.74, 6) is 0.734. The van der Waals surface area contributed by atoms with Crippen LogP contribution in [0, 0.1) is 0 Å². The fraction of sp³-hybridized carbons (Fsp3) is 0.476. The minimum atomic E-state index is -0.984. The Balaban J connectivity index is 2.17. The third kappa shape index (κ3) is 5.73. The third-order valence-electron chi connectivity index (χ3n) is 4.50. The second-order valence-electron chi connectivity index (χ2n) is 6.96. The zero-order chi connectivity index (χ0) is 20.0. The molecule has 2 rings (SSSR count). The molecule has 0 aromatic carbocycles. The van der Waals surface area contributed by atoms with Gasteiger partial charge in [-0.25, -0.2) is 9.37 Å². The van der Waals surface area contributed by atoms with Gasteiger partial charge in [0.1, 0.15) is 17.9 Å². The Labute approximate surface area is 166 Å². The van der Waals surface area contributed by atoms with Crippen LogP contribution >= 0.6 is 11.6 Å². The van der Waals surface area contributed by atoms with E-state index in [9.17, 15) is 4.39 Å². The fourth-order valence-electron chi connectivity index (χ4n) is 3.05. The van der Waals surface area contributed by atoms with Crippen LogP contribution in [0.4, 0.5) is 4.39 Å². The van der Waals surface area contributed by atoms with E-state index in [0.717, 1.165) is 34.9 Å². The number of aromatic nitrogens is 1. The molecule has 1 unspecified atom stereocenters. The molecular formula is C21H29ClFN3O. The van der Waals surface area contributed by atoms with Crippen molar-refractivity contribution < 1.29 is 9.13 Å². The van der Waals surface area contributed by atoms with E-state index in [-0.39, 0.29) is 6.61 Å². The molecule has 1 aliphatic rings. The van der Waals surface area contributed by atoms with Gasteiger partial charge in [0.25, 0.3) is 0 Å². The van der Waals surface area contributed by atoms with E-state index in [1.165, 1.54) is 18.1 Å². The smallest absolute Gasteiger partial charge is 0.192 e. The molecule has 1 aliphatic heterocycles. The van der Waals surface area contributed by atoms with Gasteiger partial charge >= 0.3 is 0 Å². The SMILES string of the molecule is CC/C(C)=c1/ccnc(Cl)/c1=C/NCC1=CC(C)=C(OCC(C)F)N(C)C1. The van der Waals surface area contributed by atoms with Crippen LogP contribution in [0.2, 0.25) is 5.15 Å². The number of rotatable bonds is 7. The Morgan fingerprint density at radius 1 is 1.52 bits per heavy atom. The maximum atomic E-state index is 13.0. The highest BCUT2D eigenvalue weighted by molar-refractivity contribution is 6.29. The third-order valence-corrected chi connectivity index (χ3v) is 4.80. The Bertz CT molecular complexity index is 845. The summed E-state index contributed by atoms with van der Waals surface area (Å²) in [6.07, 6.45) is 5.74. The summed E-state index contributed by atoms with van der Waals surface area (Å²) in [4.78, 5) is 6.20. The monoisotopic (exact) mass is 393 g/mol. The first-order valence-corrected chi connectivity index (χ1v) is 9.63. The average Bonchev–Trinajstić information content (AvgIpc) is 2.61. The maximum absolute atomic E-state index is 13.0. The number of nitrogens with one attached hydrogen (secondary N) is 1. The molecule has 148 valence electrons. The summed E-state index contributed by atoms with van der Waals surface area (Å²) in [6.45, 7) is 9.19. The van der Waals surface area contributed by atoms with Gasteiger partial charge in [0.15, 0.2) is 5.88 Å². The molecule has 0 amide bonds. The van der Waals surface area contributed by atoms with Crippen LogP contribution in [-0.4, -0.2) is 42.8 Å². The van der Waals surface area contributed by atoms with E-state index < -0.39 is 6.17 Å². The van der Waals surface area contributed by atoms with Crippen LogP contribution in [-0.2, 0) is 4.74 Å². The molecule has 0 saturated carbocycles. The first-order valence-electron chi connectivity index (χ1n) is 9.25. The Morgan fingerprint density at radius 3 is 2.89 bits per heavy atom. The van der Waals surface area contributed by atoms with Crippen LogP contribution in [0.3, 0.4) is 0 Å². The molecule has 0 saturated heterocycles. The van der Waals surface area contributed by atoms with Gasteiger partial charge in [-0.2, -0.15) is 0 Å². The van der Waals surface area contributed by atoms with Gasteiger partial charge in [-0.05, 0) is 44.1 Å². The van der Waals surface area contributed by atoms with E-state index in [1.54, 1.807) is 6.20 Å². The van der Waals surface area contributed by atoms with Gasteiger partial charge < -0.3 is 15.0 Å². The molecule has 27 heavy (non-hydrogen) atoms. The van der Waals surface area contributed by atoms with Crippen LogP contribution in [0.15, 0.2) is 35.4 Å².